The number of aryl methyl sites for hydroxylation is 1. The van der Waals surface area contributed by atoms with E-state index in [1.54, 1.807) is 0 Å². The Bertz CT molecular complexity index is 586. The van der Waals surface area contributed by atoms with Crippen molar-refractivity contribution in [2.45, 2.75) is 6.92 Å². The first-order valence-corrected chi connectivity index (χ1v) is 5.33. The van der Waals surface area contributed by atoms with Gasteiger partial charge in [0.15, 0.2) is 17.8 Å². The van der Waals surface area contributed by atoms with Crippen molar-refractivity contribution in [1.29, 1.82) is 0 Å². The molecule has 1 aromatic carbocycles. The van der Waals surface area contributed by atoms with Crippen LogP contribution in [-0.4, -0.2) is 18.1 Å². The number of aromatic nitrogens is 1. The van der Waals surface area contributed by atoms with Gasteiger partial charge in [0.2, 0.25) is 6.79 Å². The van der Waals surface area contributed by atoms with Crippen LogP contribution in [0.5, 0.6) is 11.5 Å². The minimum absolute atomic E-state index is 0.266. The Kier molecular flexibility index (Phi) is 2.14. The van der Waals surface area contributed by atoms with Gasteiger partial charge in [0.1, 0.15) is 0 Å². The summed E-state index contributed by atoms with van der Waals surface area (Å²) in [7, 11) is 0. The number of H-pyrrole nitrogens is 1. The summed E-state index contributed by atoms with van der Waals surface area (Å²) in [5.74, 6) is 1.50. The molecule has 0 atom stereocenters. The number of fused-ring (bicyclic) bond motifs is 1. The molecule has 2 heterocycles. The number of hydrogen-bond donors (Lipinski definition) is 1. The molecule has 1 aromatic heterocycles. The number of hydrogen-bond acceptors (Lipinski definition) is 3. The van der Waals surface area contributed by atoms with E-state index >= 15 is 0 Å². The Morgan fingerprint density at radius 3 is 2.82 bits per heavy atom. The second kappa shape index (κ2) is 3.66. The van der Waals surface area contributed by atoms with Gasteiger partial charge < -0.3 is 14.5 Å². The van der Waals surface area contributed by atoms with Crippen LogP contribution in [0.4, 0.5) is 0 Å². The first-order chi connectivity index (χ1) is 8.28. The lowest BCUT2D eigenvalue weighted by Gasteiger charge is -2.02. The van der Waals surface area contributed by atoms with Gasteiger partial charge in [0.25, 0.3) is 0 Å². The maximum atomic E-state index is 10.7. The quantitative estimate of drug-likeness (QED) is 0.805. The van der Waals surface area contributed by atoms with Gasteiger partial charge in [-0.25, -0.2) is 0 Å². The molecule has 0 amide bonds. The molecule has 0 fully saturated rings. The van der Waals surface area contributed by atoms with Crippen molar-refractivity contribution in [3.8, 4) is 22.8 Å². The summed E-state index contributed by atoms with van der Waals surface area (Å²) in [4.78, 5) is 13.8. The van der Waals surface area contributed by atoms with Crippen LogP contribution in [0.2, 0.25) is 0 Å². The van der Waals surface area contributed by atoms with Gasteiger partial charge in [-0.15, -0.1) is 0 Å². The zero-order valence-electron chi connectivity index (χ0n) is 9.32. The first-order valence-electron chi connectivity index (χ1n) is 5.33. The molecule has 0 radical (unpaired) electrons. The maximum Gasteiger partial charge on any atom is 0.231 e. The summed E-state index contributed by atoms with van der Waals surface area (Å²) in [6.45, 7) is 2.23. The fraction of sp³-hybridized carbons (Fsp3) is 0.154. The predicted octanol–water partition coefficient (Wildman–Crippen LogP) is 2.53. The monoisotopic (exact) mass is 229 g/mol. The molecule has 17 heavy (non-hydrogen) atoms. The molecule has 1 aliphatic heterocycles. The lowest BCUT2D eigenvalue weighted by molar-refractivity contribution is 0.111. The Labute approximate surface area is 98.2 Å². The van der Waals surface area contributed by atoms with Crippen LogP contribution in [0.3, 0.4) is 0 Å². The van der Waals surface area contributed by atoms with Crippen LogP contribution in [0.25, 0.3) is 11.3 Å². The molecule has 4 nitrogen and oxygen atoms in total. The molecule has 3 rings (SSSR count). The van der Waals surface area contributed by atoms with Crippen molar-refractivity contribution in [1.82, 2.24) is 4.98 Å². The molecule has 0 unspecified atom stereocenters. The maximum absolute atomic E-state index is 10.7. The first kappa shape index (κ1) is 9.96. The summed E-state index contributed by atoms with van der Waals surface area (Å²) < 4.78 is 10.6. The number of ether oxygens (including phenoxy) is 2. The average Bonchev–Trinajstić information content (AvgIpc) is 2.93. The third-order valence-corrected chi connectivity index (χ3v) is 2.82. The minimum atomic E-state index is 0.266. The number of aromatic amines is 1. The highest BCUT2D eigenvalue weighted by molar-refractivity contribution is 5.77. The van der Waals surface area contributed by atoms with Gasteiger partial charge in [0.05, 0.1) is 5.69 Å². The van der Waals surface area contributed by atoms with Crippen molar-refractivity contribution in [3.05, 3.63) is 35.5 Å². The number of rotatable bonds is 2. The van der Waals surface area contributed by atoms with Crippen LogP contribution >= 0.6 is 0 Å². The highest BCUT2D eigenvalue weighted by Crippen LogP contribution is 2.36. The fourth-order valence-corrected chi connectivity index (χ4v) is 2.00. The summed E-state index contributed by atoms with van der Waals surface area (Å²) >= 11 is 0. The van der Waals surface area contributed by atoms with E-state index in [0.29, 0.717) is 5.69 Å². The molecule has 0 aliphatic carbocycles. The van der Waals surface area contributed by atoms with E-state index in [1.807, 2.05) is 31.2 Å². The zero-order valence-corrected chi connectivity index (χ0v) is 9.32. The third kappa shape index (κ3) is 1.58. The predicted molar refractivity (Wildman–Crippen MR) is 62.5 cm³/mol. The summed E-state index contributed by atoms with van der Waals surface area (Å²) in [5.41, 5.74) is 3.53. The molecule has 1 aliphatic rings. The van der Waals surface area contributed by atoms with Crippen LogP contribution in [-0.2, 0) is 0 Å². The van der Waals surface area contributed by atoms with E-state index in [2.05, 4.69) is 4.98 Å². The van der Waals surface area contributed by atoms with E-state index in [0.717, 1.165) is 34.6 Å². The normalized spacial score (nSPS) is 12.8. The van der Waals surface area contributed by atoms with Crippen LogP contribution in [0, 0.1) is 6.92 Å². The van der Waals surface area contributed by atoms with Gasteiger partial charge >= 0.3 is 0 Å². The van der Waals surface area contributed by atoms with Gasteiger partial charge in [0, 0.05) is 11.3 Å². The molecule has 0 bridgehead atoms. The molecule has 1 N–H and O–H groups in total. The lowest BCUT2D eigenvalue weighted by Crippen LogP contribution is -1.92. The van der Waals surface area contributed by atoms with Gasteiger partial charge in [-0.3, -0.25) is 4.79 Å². The zero-order chi connectivity index (χ0) is 11.8. The average molecular weight is 229 g/mol. The van der Waals surface area contributed by atoms with Crippen molar-refractivity contribution >= 4 is 6.29 Å². The Morgan fingerprint density at radius 2 is 2.06 bits per heavy atom. The van der Waals surface area contributed by atoms with Crippen molar-refractivity contribution in [3.63, 3.8) is 0 Å². The minimum Gasteiger partial charge on any atom is -0.454 e. The topological polar surface area (TPSA) is 51.3 Å². The molecule has 86 valence electrons. The summed E-state index contributed by atoms with van der Waals surface area (Å²) in [6, 6.07) is 7.56. The van der Waals surface area contributed by atoms with Crippen molar-refractivity contribution in [2.24, 2.45) is 0 Å². The Balaban J connectivity index is 2.08. The standard InChI is InChI=1S/C13H11NO3/c1-8-4-10(6-15)14-13(8)9-2-3-11-12(5-9)17-7-16-11/h2-6,14H,7H2,1H3. The highest BCUT2D eigenvalue weighted by atomic mass is 16.7. The highest BCUT2D eigenvalue weighted by Gasteiger charge is 2.15. The third-order valence-electron chi connectivity index (χ3n) is 2.82. The van der Waals surface area contributed by atoms with Crippen LogP contribution in [0.15, 0.2) is 24.3 Å². The van der Waals surface area contributed by atoms with E-state index in [9.17, 15) is 4.79 Å². The van der Waals surface area contributed by atoms with E-state index in [4.69, 9.17) is 9.47 Å². The molecule has 0 spiro atoms. The lowest BCUT2D eigenvalue weighted by atomic mass is 10.1. The Hall–Kier alpha value is -2.23. The molecule has 2 aromatic rings. The Morgan fingerprint density at radius 1 is 1.24 bits per heavy atom. The molecule has 0 saturated heterocycles. The summed E-state index contributed by atoms with van der Waals surface area (Å²) in [5, 5.41) is 0. The molecule has 4 heteroatoms. The summed E-state index contributed by atoms with van der Waals surface area (Å²) in [6.07, 6.45) is 0.809. The van der Waals surface area contributed by atoms with Crippen LogP contribution < -0.4 is 9.47 Å². The van der Waals surface area contributed by atoms with E-state index < -0.39 is 0 Å². The molecular formula is C13H11NO3. The number of aldehydes is 1. The van der Waals surface area contributed by atoms with Crippen molar-refractivity contribution in [2.75, 3.05) is 6.79 Å². The second-order valence-electron chi connectivity index (χ2n) is 3.97. The van der Waals surface area contributed by atoms with Crippen molar-refractivity contribution < 1.29 is 14.3 Å². The largest absolute Gasteiger partial charge is 0.454 e. The van der Waals surface area contributed by atoms with Gasteiger partial charge in [-0.05, 0) is 36.8 Å². The number of carbonyl (C=O) groups is 1. The van der Waals surface area contributed by atoms with Gasteiger partial charge in [-0.2, -0.15) is 0 Å². The number of carbonyl (C=O) groups excluding carboxylic acids is 1. The van der Waals surface area contributed by atoms with Crippen LogP contribution in [0.1, 0.15) is 16.1 Å². The number of benzene rings is 1. The number of nitrogens with one attached hydrogen (secondary N) is 1. The molecular weight excluding hydrogens is 218 g/mol. The molecule has 0 saturated carbocycles. The SMILES string of the molecule is Cc1cc(C=O)[nH]c1-c1ccc2c(c1)OCO2. The smallest absolute Gasteiger partial charge is 0.231 e. The van der Waals surface area contributed by atoms with E-state index in [-0.39, 0.29) is 6.79 Å². The van der Waals surface area contributed by atoms with Gasteiger partial charge in [-0.1, -0.05) is 0 Å². The van der Waals surface area contributed by atoms with E-state index in [1.165, 1.54) is 0 Å². The fourth-order valence-electron chi connectivity index (χ4n) is 2.00. The second-order valence-corrected chi connectivity index (χ2v) is 3.97.